The Kier molecular flexibility index (Phi) is 3.82. The lowest BCUT2D eigenvalue weighted by Gasteiger charge is -2.17. The molecule has 1 amide bonds. The summed E-state index contributed by atoms with van der Waals surface area (Å²) in [6.45, 7) is 1.97. The van der Waals surface area contributed by atoms with Gasteiger partial charge in [-0.25, -0.2) is 12.8 Å². The summed E-state index contributed by atoms with van der Waals surface area (Å²) in [5, 5.41) is 0. The van der Waals surface area contributed by atoms with Gasteiger partial charge in [-0.3, -0.25) is 4.79 Å². The van der Waals surface area contributed by atoms with Crippen molar-refractivity contribution in [1.29, 1.82) is 0 Å². The largest absolute Gasteiger partial charge is 0.312 e. The van der Waals surface area contributed by atoms with Gasteiger partial charge in [-0.2, -0.15) is 0 Å². The molecule has 0 N–H and O–H groups in total. The highest BCUT2D eigenvalue weighted by molar-refractivity contribution is 8.13. The van der Waals surface area contributed by atoms with E-state index in [1.807, 2.05) is 0 Å². The molecule has 1 aromatic rings. The summed E-state index contributed by atoms with van der Waals surface area (Å²) in [5.41, 5.74) is 1.16. The number of amides is 1. The zero-order chi connectivity index (χ0) is 14.2. The van der Waals surface area contributed by atoms with Gasteiger partial charge in [-0.15, -0.1) is 0 Å². The fourth-order valence-corrected chi connectivity index (χ4v) is 3.62. The quantitative estimate of drug-likeness (QED) is 0.803. The molecule has 0 aromatic heterocycles. The van der Waals surface area contributed by atoms with E-state index in [1.165, 1.54) is 17.0 Å². The summed E-state index contributed by atoms with van der Waals surface area (Å²) in [5.74, 6) is -1.23. The van der Waals surface area contributed by atoms with E-state index in [4.69, 9.17) is 10.7 Å². The fraction of sp³-hybridized carbons (Fsp3) is 0.417. The molecule has 0 bridgehead atoms. The second-order valence-electron chi connectivity index (χ2n) is 4.77. The first-order chi connectivity index (χ1) is 8.74. The topological polar surface area (TPSA) is 54.5 Å². The predicted octanol–water partition coefficient (Wildman–Crippen LogP) is 2.06. The van der Waals surface area contributed by atoms with Crippen LogP contribution in [0.15, 0.2) is 18.2 Å². The number of carbonyl (C=O) groups excluding carboxylic acids is 1. The third-order valence-electron chi connectivity index (χ3n) is 2.98. The fourth-order valence-electron chi connectivity index (χ4n) is 2.30. The summed E-state index contributed by atoms with van der Waals surface area (Å²) in [6.07, 6.45) is 0.113. The summed E-state index contributed by atoms with van der Waals surface area (Å²) < 4.78 is 35.4. The van der Waals surface area contributed by atoms with Crippen LogP contribution in [0.4, 0.5) is 10.1 Å². The Bertz CT molecular complexity index is 597. The van der Waals surface area contributed by atoms with Crippen molar-refractivity contribution in [1.82, 2.24) is 0 Å². The first-order valence-corrected chi connectivity index (χ1v) is 8.22. The van der Waals surface area contributed by atoms with Crippen LogP contribution in [0.2, 0.25) is 0 Å². The Labute approximate surface area is 115 Å². The molecule has 0 spiro atoms. The molecule has 19 heavy (non-hydrogen) atoms. The van der Waals surface area contributed by atoms with Gasteiger partial charge >= 0.3 is 0 Å². The molecule has 2 rings (SSSR count). The molecule has 1 aromatic carbocycles. The van der Waals surface area contributed by atoms with Crippen molar-refractivity contribution < 1.29 is 17.6 Å². The molecule has 0 aliphatic carbocycles. The SMILES string of the molecule is Cc1cc(F)cc(N2CC(CS(=O)(=O)Cl)CC2=O)c1. The van der Waals surface area contributed by atoms with Gasteiger partial charge in [-0.1, -0.05) is 0 Å². The lowest BCUT2D eigenvalue weighted by atomic mass is 10.1. The Morgan fingerprint density at radius 2 is 2.11 bits per heavy atom. The van der Waals surface area contributed by atoms with Crippen LogP contribution in [0.5, 0.6) is 0 Å². The summed E-state index contributed by atoms with van der Waals surface area (Å²) in [6, 6.07) is 4.33. The predicted molar refractivity (Wildman–Crippen MR) is 71.2 cm³/mol. The molecule has 1 heterocycles. The van der Waals surface area contributed by atoms with Crippen molar-refractivity contribution in [3.05, 3.63) is 29.6 Å². The second-order valence-corrected chi connectivity index (χ2v) is 7.59. The number of nitrogens with zero attached hydrogens (tertiary/aromatic N) is 1. The Morgan fingerprint density at radius 3 is 2.68 bits per heavy atom. The molecule has 7 heteroatoms. The van der Waals surface area contributed by atoms with E-state index < -0.39 is 14.9 Å². The van der Waals surface area contributed by atoms with Gasteiger partial charge in [0.05, 0.1) is 5.75 Å². The van der Waals surface area contributed by atoms with E-state index in [0.29, 0.717) is 11.3 Å². The molecule has 1 fully saturated rings. The number of hydrogen-bond acceptors (Lipinski definition) is 3. The summed E-state index contributed by atoms with van der Waals surface area (Å²) >= 11 is 0. The van der Waals surface area contributed by atoms with Crippen molar-refractivity contribution in [2.75, 3.05) is 17.2 Å². The number of benzene rings is 1. The second kappa shape index (κ2) is 5.09. The van der Waals surface area contributed by atoms with E-state index in [0.717, 1.165) is 0 Å². The van der Waals surface area contributed by atoms with Gasteiger partial charge in [0, 0.05) is 35.3 Å². The number of rotatable bonds is 3. The first-order valence-electron chi connectivity index (χ1n) is 5.74. The van der Waals surface area contributed by atoms with E-state index in [2.05, 4.69) is 0 Å². The molecule has 1 saturated heterocycles. The Balaban J connectivity index is 2.20. The molecule has 0 saturated carbocycles. The normalized spacial score (nSPS) is 20.1. The average Bonchev–Trinajstić information content (AvgIpc) is 2.54. The smallest absolute Gasteiger partial charge is 0.232 e. The Morgan fingerprint density at radius 1 is 1.42 bits per heavy atom. The van der Waals surface area contributed by atoms with E-state index >= 15 is 0 Å². The van der Waals surface area contributed by atoms with Crippen LogP contribution >= 0.6 is 10.7 Å². The molecule has 104 valence electrons. The minimum absolute atomic E-state index is 0.113. The lowest BCUT2D eigenvalue weighted by Crippen LogP contribution is -2.25. The first kappa shape index (κ1) is 14.3. The lowest BCUT2D eigenvalue weighted by molar-refractivity contribution is -0.117. The molecule has 0 radical (unpaired) electrons. The highest BCUT2D eigenvalue weighted by Crippen LogP contribution is 2.27. The third-order valence-corrected chi connectivity index (χ3v) is 4.23. The van der Waals surface area contributed by atoms with Gasteiger partial charge in [0.15, 0.2) is 0 Å². The molecule has 1 unspecified atom stereocenters. The van der Waals surface area contributed by atoms with E-state index in [9.17, 15) is 17.6 Å². The molecule has 4 nitrogen and oxygen atoms in total. The van der Waals surface area contributed by atoms with Crippen LogP contribution < -0.4 is 4.90 Å². The van der Waals surface area contributed by atoms with Crippen LogP contribution in [-0.4, -0.2) is 26.6 Å². The van der Waals surface area contributed by atoms with Crippen LogP contribution in [0.1, 0.15) is 12.0 Å². The molecular formula is C12H13ClFNO3S. The van der Waals surface area contributed by atoms with Crippen LogP contribution in [0.25, 0.3) is 0 Å². The van der Waals surface area contributed by atoms with Gasteiger partial charge in [0.25, 0.3) is 0 Å². The number of halogens is 2. The minimum Gasteiger partial charge on any atom is -0.312 e. The number of aryl methyl sites for hydroxylation is 1. The van der Waals surface area contributed by atoms with Crippen LogP contribution in [0.3, 0.4) is 0 Å². The van der Waals surface area contributed by atoms with Gasteiger partial charge in [0.1, 0.15) is 5.82 Å². The average molecular weight is 306 g/mol. The highest BCUT2D eigenvalue weighted by atomic mass is 35.7. The highest BCUT2D eigenvalue weighted by Gasteiger charge is 2.33. The summed E-state index contributed by atoms with van der Waals surface area (Å²) in [7, 11) is 1.55. The molecule has 1 aliphatic rings. The van der Waals surface area contributed by atoms with Crippen molar-refractivity contribution in [3.8, 4) is 0 Å². The van der Waals surface area contributed by atoms with Crippen molar-refractivity contribution in [2.45, 2.75) is 13.3 Å². The Hall–Kier alpha value is -1.14. The van der Waals surface area contributed by atoms with Crippen molar-refractivity contribution in [2.24, 2.45) is 5.92 Å². The maximum absolute atomic E-state index is 13.3. The number of hydrogen-bond donors (Lipinski definition) is 0. The minimum atomic E-state index is -3.63. The maximum atomic E-state index is 13.3. The van der Waals surface area contributed by atoms with Gasteiger partial charge in [0.2, 0.25) is 15.0 Å². The van der Waals surface area contributed by atoms with E-state index in [1.54, 1.807) is 13.0 Å². The third kappa shape index (κ3) is 3.67. The van der Waals surface area contributed by atoms with E-state index in [-0.39, 0.29) is 30.5 Å². The maximum Gasteiger partial charge on any atom is 0.232 e. The van der Waals surface area contributed by atoms with Crippen molar-refractivity contribution >= 4 is 31.3 Å². The number of anilines is 1. The zero-order valence-electron chi connectivity index (χ0n) is 10.3. The molecular weight excluding hydrogens is 293 g/mol. The van der Waals surface area contributed by atoms with Gasteiger partial charge < -0.3 is 4.90 Å². The standard InChI is InChI=1S/C12H13ClFNO3S/c1-8-2-10(14)5-11(3-8)15-6-9(4-12(15)16)7-19(13,17)18/h2-3,5,9H,4,6-7H2,1H3. The van der Waals surface area contributed by atoms with Gasteiger partial charge in [-0.05, 0) is 30.7 Å². The van der Waals surface area contributed by atoms with Crippen LogP contribution in [-0.2, 0) is 13.8 Å². The summed E-state index contributed by atoms with van der Waals surface area (Å²) in [4.78, 5) is 13.3. The zero-order valence-corrected chi connectivity index (χ0v) is 11.8. The molecule has 1 atom stereocenters. The molecule has 1 aliphatic heterocycles. The monoisotopic (exact) mass is 305 g/mol. The van der Waals surface area contributed by atoms with Crippen molar-refractivity contribution in [3.63, 3.8) is 0 Å². The van der Waals surface area contributed by atoms with Crippen LogP contribution in [0, 0.1) is 18.7 Å². The number of carbonyl (C=O) groups is 1.